The van der Waals surface area contributed by atoms with Crippen molar-refractivity contribution < 1.29 is 9.53 Å². The fourth-order valence-electron chi connectivity index (χ4n) is 2.91. The number of ketones is 1. The van der Waals surface area contributed by atoms with Crippen LogP contribution in [0.3, 0.4) is 0 Å². The third kappa shape index (κ3) is 3.84. The van der Waals surface area contributed by atoms with Crippen LogP contribution in [0.4, 0.5) is 0 Å². The summed E-state index contributed by atoms with van der Waals surface area (Å²) in [6.07, 6.45) is 0.267. The fourth-order valence-corrected chi connectivity index (χ4v) is 2.91. The monoisotopic (exact) mass is 344 g/mol. The van der Waals surface area contributed by atoms with Gasteiger partial charge in [-0.2, -0.15) is 5.26 Å². The summed E-state index contributed by atoms with van der Waals surface area (Å²) in [5.74, 6) is 0.682. The van der Waals surface area contributed by atoms with Gasteiger partial charge in [0.2, 0.25) is 5.78 Å². The van der Waals surface area contributed by atoms with Crippen LogP contribution in [0.25, 0.3) is 0 Å². The van der Waals surface area contributed by atoms with Crippen molar-refractivity contribution >= 4 is 5.78 Å². The number of rotatable bonds is 7. The Labute approximate surface area is 153 Å². The quantitative estimate of drug-likeness (QED) is 0.603. The van der Waals surface area contributed by atoms with Gasteiger partial charge in [0, 0.05) is 17.8 Å². The molecule has 0 aliphatic heterocycles. The molecule has 3 aromatic rings. The molecule has 4 nitrogen and oxygen atoms in total. The zero-order valence-electron chi connectivity index (χ0n) is 14.7. The summed E-state index contributed by atoms with van der Waals surface area (Å²) in [7, 11) is 0. The summed E-state index contributed by atoms with van der Waals surface area (Å²) in [4.78, 5) is 13.0. The van der Waals surface area contributed by atoms with Crippen molar-refractivity contribution in [3.8, 4) is 11.8 Å². The van der Waals surface area contributed by atoms with Gasteiger partial charge in [0.1, 0.15) is 5.75 Å². The minimum Gasteiger partial charge on any atom is -0.494 e. The summed E-state index contributed by atoms with van der Waals surface area (Å²) in [6.45, 7) is 3.07. The van der Waals surface area contributed by atoms with Crippen LogP contribution in [0, 0.1) is 11.3 Å². The molecule has 4 heteroatoms. The lowest BCUT2D eigenvalue weighted by atomic mass is 10.1. The van der Waals surface area contributed by atoms with Crippen LogP contribution >= 0.6 is 0 Å². The van der Waals surface area contributed by atoms with Gasteiger partial charge in [-0.05, 0) is 48.9 Å². The van der Waals surface area contributed by atoms with Crippen LogP contribution in [0.5, 0.6) is 5.75 Å². The number of carbonyl (C=O) groups excluding carboxylic acids is 1. The Balaban J connectivity index is 1.93. The first kappa shape index (κ1) is 17.5. The number of nitrogens with zero attached hydrogens (tertiary/aromatic N) is 2. The van der Waals surface area contributed by atoms with Crippen LogP contribution in [-0.2, 0) is 13.0 Å². The van der Waals surface area contributed by atoms with Gasteiger partial charge in [-0.15, -0.1) is 0 Å². The molecular formula is C22H20N2O2. The molecule has 0 radical (unpaired) electrons. The number of nitriles is 1. The molecule has 0 saturated heterocycles. The maximum atomic E-state index is 13.0. The van der Waals surface area contributed by atoms with E-state index in [9.17, 15) is 4.79 Å². The lowest BCUT2D eigenvalue weighted by Gasteiger charge is -2.12. The Bertz CT molecular complexity index is 919. The van der Waals surface area contributed by atoms with Gasteiger partial charge in [0.15, 0.2) is 0 Å². The average Bonchev–Trinajstić information content (AvgIpc) is 3.06. The number of benzene rings is 2. The van der Waals surface area contributed by atoms with Crippen molar-refractivity contribution in [3.05, 3.63) is 89.2 Å². The summed E-state index contributed by atoms with van der Waals surface area (Å²) in [5.41, 5.74) is 3.11. The molecule has 0 spiro atoms. The van der Waals surface area contributed by atoms with Crippen LogP contribution in [0.15, 0.2) is 66.7 Å². The molecule has 0 N–H and O–H groups in total. The van der Waals surface area contributed by atoms with Crippen molar-refractivity contribution in [1.29, 1.82) is 5.26 Å². The predicted molar refractivity (Wildman–Crippen MR) is 100 cm³/mol. The molecule has 0 aliphatic carbocycles. The van der Waals surface area contributed by atoms with E-state index in [-0.39, 0.29) is 12.2 Å². The average molecular weight is 344 g/mol. The predicted octanol–water partition coefficient (Wildman–Crippen LogP) is 4.23. The van der Waals surface area contributed by atoms with Gasteiger partial charge < -0.3 is 9.30 Å². The molecular weight excluding hydrogens is 324 g/mol. The highest BCUT2D eigenvalue weighted by Crippen LogP contribution is 2.19. The summed E-state index contributed by atoms with van der Waals surface area (Å²) in [5, 5.41) is 9.09. The van der Waals surface area contributed by atoms with Gasteiger partial charge in [-0.3, -0.25) is 4.79 Å². The van der Waals surface area contributed by atoms with Gasteiger partial charge in [-0.1, -0.05) is 30.3 Å². The molecule has 1 heterocycles. The molecule has 0 fully saturated rings. The van der Waals surface area contributed by atoms with E-state index in [4.69, 9.17) is 10.00 Å². The molecule has 0 aliphatic rings. The second-order valence-corrected chi connectivity index (χ2v) is 5.90. The van der Waals surface area contributed by atoms with E-state index in [1.165, 1.54) is 0 Å². The number of ether oxygens (including phenoxy) is 1. The standard InChI is InChI=1S/C22H20N2O2/c1-2-26-20-11-8-18(9-12-20)22(25)21-13-10-19(14-15-23)24(21)16-17-6-4-3-5-7-17/h3-13H,2,14,16H2,1H3. The second kappa shape index (κ2) is 8.17. The van der Waals surface area contributed by atoms with E-state index < -0.39 is 0 Å². The smallest absolute Gasteiger partial charge is 0.209 e. The Hall–Kier alpha value is -3.32. The summed E-state index contributed by atoms with van der Waals surface area (Å²) >= 11 is 0. The fraction of sp³-hybridized carbons (Fsp3) is 0.182. The Morgan fingerprint density at radius 3 is 2.42 bits per heavy atom. The van der Waals surface area contributed by atoms with E-state index in [1.54, 1.807) is 30.3 Å². The zero-order chi connectivity index (χ0) is 18.4. The Morgan fingerprint density at radius 2 is 1.77 bits per heavy atom. The number of aromatic nitrogens is 1. The van der Waals surface area contributed by atoms with Crippen molar-refractivity contribution in [2.45, 2.75) is 19.9 Å². The molecule has 3 rings (SSSR count). The molecule has 0 amide bonds. The van der Waals surface area contributed by atoms with Gasteiger partial charge in [-0.25, -0.2) is 0 Å². The highest BCUT2D eigenvalue weighted by Gasteiger charge is 2.17. The lowest BCUT2D eigenvalue weighted by Crippen LogP contribution is -2.13. The first-order chi connectivity index (χ1) is 12.7. The first-order valence-electron chi connectivity index (χ1n) is 8.59. The van der Waals surface area contributed by atoms with E-state index in [2.05, 4.69) is 6.07 Å². The highest BCUT2D eigenvalue weighted by atomic mass is 16.5. The van der Waals surface area contributed by atoms with Gasteiger partial charge in [0.05, 0.1) is 24.8 Å². The van der Waals surface area contributed by atoms with Crippen molar-refractivity contribution in [3.63, 3.8) is 0 Å². The third-order valence-electron chi connectivity index (χ3n) is 4.17. The maximum absolute atomic E-state index is 13.0. The Morgan fingerprint density at radius 1 is 1.04 bits per heavy atom. The summed E-state index contributed by atoms with van der Waals surface area (Å²) in [6, 6.07) is 22.9. The molecule has 130 valence electrons. The van der Waals surface area contributed by atoms with Crippen molar-refractivity contribution in [2.24, 2.45) is 0 Å². The minimum absolute atomic E-state index is 0.0619. The van der Waals surface area contributed by atoms with E-state index in [0.717, 1.165) is 17.0 Å². The number of hydrogen-bond acceptors (Lipinski definition) is 3. The van der Waals surface area contributed by atoms with Gasteiger partial charge in [0.25, 0.3) is 0 Å². The topological polar surface area (TPSA) is 55.0 Å². The second-order valence-electron chi connectivity index (χ2n) is 5.90. The molecule has 0 atom stereocenters. The maximum Gasteiger partial charge on any atom is 0.209 e. The molecule has 1 aromatic heterocycles. The number of carbonyl (C=O) groups is 1. The van der Waals surface area contributed by atoms with Gasteiger partial charge >= 0.3 is 0 Å². The van der Waals surface area contributed by atoms with Crippen LogP contribution in [0.2, 0.25) is 0 Å². The minimum atomic E-state index is -0.0619. The van der Waals surface area contributed by atoms with Crippen molar-refractivity contribution in [2.75, 3.05) is 6.61 Å². The zero-order valence-corrected chi connectivity index (χ0v) is 14.7. The molecule has 0 bridgehead atoms. The highest BCUT2D eigenvalue weighted by molar-refractivity contribution is 6.08. The normalized spacial score (nSPS) is 10.3. The van der Waals surface area contributed by atoms with Crippen molar-refractivity contribution in [1.82, 2.24) is 4.57 Å². The van der Waals surface area contributed by atoms with Crippen LogP contribution < -0.4 is 4.74 Å². The number of hydrogen-bond donors (Lipinski definition) is 0. The largest absolute Gasteiger partial charge is 0.494 e. The Kier molecular flexibility index (Phi) is 5.50. The third-order valence-corrected chi connectivity index (χ3v) is 4.17. The molecule has 0 saturated carbocycles. The molecule has 2 aromatic carbocycles. The molecule has 0 unspecified atom stereocenters. The first-order valence-corrected chi connectivity index (χ1v) is 8.59. The lowest BCUT2D eigenvalue weighted by molar-refractivity contribution is 0.103. The summed E-state index contributed by atoms with van der Waals surface area (Å²) < 4.78 is 7.36. The van der Waals surface area contributed by atoms with Crippen LogP contribution in [-0.4, -0.2) is 17.0 Å². The molecule has 26 heavy (non-hydrogen) atoms. The SMILES string of the molecule is CCOc1ccc(C(=O)c2ccc(CC#N)n2Cc2ccccc2)cc1. The van der Waals surface area contributed by atoms with E-state index >= 15 is 0 Å². The van der Waals surface area contributed by atoms with E-state index in [0.29, 0.717) is 24.4 Å². The van der Waals surface area contributed by atoms with E-state index in [1.807, 2.05) is 47.9 Å². The van der Waals surface area contributed by atoms with Crippen LogP contribution in [0.1, 0.15) is 34.2 Å².